The number of hydrogen-bond donors (Lipinski definition) is 1. The molecule has 0 radical (unpaired) electrons. The van der Waals surface area contributed by atoms with Crippen molar-refractivity contribution in [3.63, 3.8) is 0 Å². The van der Waals surface area contributed by atoms with Crippen LogP contribution >= 0.6 is 0 Å². The number of halogens is 3. The fourth-order valence-electron chi connectivity index (χ4n) is 2.93. The Hall–Kier alpha value is -1.07. The van der Waals surface area contributed by atoms with Crippen LogP contribution in [0.3, 0.4) is 0 Å². The second kappa shape index (κ2) is 6.79. The Bertz CT molecular complexity index is 463. The molecule has 5 heteroatoms. The van der Waals surface area contributed by atoms with Crippen LogP contribution in [0.2, 0.25) is 0 Å². The quantitative estimate of drug-likeness (QED) is 0.916. The Morgan fingerprint density at radius 1 is 1.24 bits per heavy atom. The van der Waals surface area contributed by atoms with Crippen LogP contribution in [-0.4, -0.2) is 31.6 Å². The van der Waals surface area contributed by atoms with Crippen molar-refractivity contribution in [2.45, 2.75) is 32.5 Å². The molecule has 0 spiro atoms. The summed E-state index contributed by atoms with van der Waals surface area (Å²) >= 11 is 0. The van der Waals surface area contributed by atoms with Crippen LogP contribution < -0.4 is 5.32 Å². The molecule has 0 saturated carbocycles. The maximum atomic E-state index is 12.7. The predicted molar refractivity (Wildman–Crippen MR) is 78.1 cm³/mol. The Balaban J connectivity index is 1.95. The molecule has 1 aromatic rings. The van der Waals surface area contributed by atoms with E-state index >= 15 is 0 Å². The largest absolute Gasteiger partial charge is 0.416 e. The van der Waals surface area contributed by atoms with Crippen molar-refractivity contribution in [2.24, 2.45) is 5.92 Å². The molecule has 0 bridgehead atoms. The Kier molecular flexibility index (Phi) is 5.27. The van der Waals surface area contributed by atoms with Crippen LogP contribution in [0.4, 0.5) is 13.2 Å². The van der Waals surface area contributed by atoms with E-state index in [0.717, 1.165) is 56.1 Å². The van der Waals surface area contributed by atoms with E-state index in [1.54, 1.807) is 13.0 Å². The molecule has 0 aliphatic carbocycles. The van der Waals surface area contributed by atoms with Crippen molar-refractivity contribution in [1.29, 1.82) is 0 Å². The third-order valence-corrected chi connectivity index (χ3v) is 4.26. The first-order valence-corrected chi connectivity index (χ1v) is 7.44. The fraction of sp³-hybridized carbons (Fsp3) is 0.625. The number of benzene rings is 1. The first-order chi connectivity index (χ1) is 9.90. The molecule has 118 valence electrons. The second-order valence-corrected chi connectivity index (χ2v) is 5.92. The zero-order valence-electron chi connectivity index (χ0n) is 12.6. The van der Waals surface area contributed by atoms with E-state index in [1.807, 2.05) is 7.05 Å². The zero-order chi connectivity index (χ0) is 15.5. The molecular weight excluding hydrogens is 277 g/mol. The van der Waals surface area contributed by atoms with E-state index in [9.17, 15) is 13.2 Å². The minimum Gasteiger partial charge on any atom is -0.319 e. The molecule has 0 amide bonds. The molecule has 0 aromatic heterocycles. The smallest absolute Gasteiger partial charge is 0.319 e. The lowest BCUT2D eigenvalue weighted by atomic mass is 9.96. The predicted octanol–water partition coefficient (Wildman–Crippen LogP) is 3.45. The molecule has 1 aromatic carbocycles. The van der Waals surface area contributed by atoms with Gasteiger partial charge >= 0.3 is 6.18 Å². The molecule has 2 nitrogen and oxygen atoms in total. The molecule has 1 fully saturated rings. The number of hydrogen-bond acceptors (Lipinski definition) is 2. The van der Waals surface area contributed by atoms with Crippen molar-refractivity contribution >= 4 is 0 Å². The molecule has 1 aliphatic rings. The average Bonchev–Trinajstić information content (AvgIpc) is 2.42. The summed E-state index contributed by atoms with van der Waals surface area (Å²) in [7, 11) is 1.97. The van der Waals surface area contributed by atoms with Gasteiger partial charge in [0.25, 0.3) is 0 Å². The Labute approximate surface area is 124 Å². The normalized spacial score (nSPS) is 18.1. The van der Waals surface area contributed by atoms with Crippen LogP contribution in [0.1, 0.15) is 29.5 Å². The van der Waals surface area contributed by atoms with Gasteiger partial charge in [0, 0.05) is 6.54 Å². The van der Waals surface area contributed by atoms with Crippen molar-refractivity contribution in [1.82, 2.24) is 10.2 Å². The zero-order valence-corrected chi connectivity index (χ0v) is 12.6. The summed E-state index contributed by atoms with van der Waals surface area (Å²) < 4.78 is 38.0. The standard InChI is InChI=1S/C16H23F3N2/c1-12-9-15(16(17,18)19)4-3-14(12)11-21-7-5-13(6-8-21)10-20-2/h3-4,9,13,20H,5-8,10-11H2,1-2H3. The third-order valence-electron chi connectivity index (χ3n) is 4.26. The summed E-state index contributed by atoms with van der Waals surface area (Å²) in [5.41, 5.74) is 1.16. The summed E-state index contributed by atoms with van der Waals surface area (Å²) in [4.78, 5) is 2.34. The molecular formula is C16H23F3N2. The number of aryl methyl sites for hydroxylation is 1. The van der Waals surface area contributed by atoms with E-state index in [1.165, 1.54) is 12.1 Å². The molecule has 2 rings (SSSR count). The molecule has 1 aliphatic heterocycles. The van der Waals surface area contributed by atoms with Gasteiger partial charge in [0.2, 0.25) is 0 Å². The topological polar surface area (TPSA) is 15.3 Å². The highest BCUT2D eigenvalue weighted by Gasteiger charge is 2.30. The number of likely N-dealkylation sites (tertiary alicyclic amines) is 1. The van der Waals surface area contributed by atoms with Crippen LogP contribution in [0.5, 0.6) is 0 Å². The van der Waals surface area contributed by atoms with Gasteiger partial charge in [-0.3, -0.25) is 4.90 Å². The van der Waals surface area contributed by atoms with Crippen LogP contribution in [0, 0.1) is 12.8 Å². The summed E-state index contributed by atoms with van der Waals surface area (Å²) in [5, 5.41) is 3.21. The summed E-state index contributed by atoms with van der Waals surface area (Å²) in [6.45, 7) is 5.60. The number of nitrogens with zero attached hydrogens (tertiary/aromatic N) is 1. The molecule has 0 unspecified atom stereocenters. The number of alkyl halides is 3. The maximum absolute atomic E-state index is 12.7. The van der Waals surface area contributed by atoms with E-state index in [-0.39, 0.29) is 0 Å². The molecule has 21 heavy (non-hydrogen) atoms. The van der Waals surface area contributed by atoms with Gasteiger partial charge < -0.3 is 5.32 Å². The molecule has 0 atom stereocenters. The number of rotatable bonds is 4. The van der Waals surface area contributed by atoms with Crippen LogP contribution in [-0.2, 0) is 12.7 Å². The fourth-order valence-corrected chi connectivity index (χ4v) is 2.93. The van der Waals surface area contributed by atoms with Gasteiger partial charge in [0.1, 0.15) is 0 Å². The monoisotopic (exact) mass is 300 g/mol. The first kappa shape index (κ1) is 16.3. The van der Waals surface area contributed by atoms with Crippen molar-refractivity contribution in [3.05, 3.63) is 34.9 Å². The van der Waals surface area contributed by atoms with Crippen molar-refractivity contribution < 1.29 is 13.2 Å². The van der Waals surface area contributed by atoms with E-state index in [4.69, 9.17) is 0 Å². The van der Waals surface area contributed by atoms with E-state index in [0.29, 0.717) is 0 Å². The van der Waals surface area contributed by atoms with Gasteiger partial charge in [0.05, 0.1) is 5.56 Å². The summed E-state index contributed by atoms with van der Waals surface area (Å²) in [6, 6.07) is 4.07. The Morgan fingerprint density at radius 3 is 2.43 bits per heavy atom. The van der Waals surface area contributed by atoms with Gasteiger partial charge in [-0.1, -0.05) is 6.07 Å². The van der Waals surface area contributed by atoms with Gasteiger partial charge in [-0.05, 0) is 75.6 Å². The lowest BCUT2D eigenvalue weighted by molar-refractivity contribution is -0.137. The first-order valence-electron chi connectivity index (χ1n) is 7.44. The Morgan fingerprint density at radius 2 is 1.90 bits per heavy atom. The molecule has 1 saturated heterocycles. The SMILES string of the molecule is CNCC1CCN(Cc2ccc(C(F)(F)F)cc2C)CC1. The minimum atomic E-state index is -4.26. The third kappa shape index (κ3) is 4.45. The number of nitrogens with one attached hydrogen (secondary N) is 1. The highest BCUT2D eigenvalue weighted by atomic mass is 19.4. The van der Waals surface area contributed by atoms with Crippen molar-refractivity contribution in [2.75, 3.05) is 26.7 Å². The second-order valence-electron chi connectivity index (χ2n) is 5.92. The van der Waals surface area contributed by atoms with E-state index < -0.39 is 11.7 Å². The number of piperidine rings is 1. The van der Waals surface area contributed by atoms with Crippen LogP contribution in [0.15, 0.2) is 18.2 Å². The lowest BCUT2D eigenvalue weighted by Gasteiger charge is -2.32. The van der Waals surface area contributed by atoms with Gasteiger partial charge in [-0.15, -0.1) is 0 Å². The lowest BCUT2D eigenvalue weighted by Crippen LogP contribution is -2.36. The van der Waals surface area contributed by atoms with E-state index in [2.05, 4.69) is 10.2 Å². The summed E-state index contributed by atoms with van der Waals surface area (Å²) in [5.74, 6) is 0.722. The molecule has 1 N–H and O–H groups in total. The van der Waals surface area contributed by atoms with Gasteiger partial charge in [-0.2, -0.15) is 13.2 Å². The maximum Gasteiger partial charge on any atom is 0.416 e. The summed E-state index contributed by atoms with van der Waals surface area (Å²) in [6.07, 6.45) is -1.95. The average molecular weight is 300 g/mol. The highest BCUT2D eigenvalue weighted by molar-refractivity contribution is 5.32. The van der Waals surface area contributed by atoms with Gasteiger partial charge in [0.15, 0.2) is 0 Å². The van der Waals surface area contributed by atoms with Crippen molar-refractivity contribution in [3.8, 4) is 0 Å². The van der Waals surface area contributed by atoms with Crippen LogP contribution in [0.25, 0.3) is 0 Å². The minimum absolute atomic E-state index is 0.559. The highest BCUT2D eigenvalue weighted by Crippen LogP contribution is 2.31. The van der Waals surface area contributed by atoms with Gasteiger partial charge in [-0.25, -0.2) is 0 Å². The molecule has 1 heterocycles.